The molecule has 2 unspecified atom stereocenters. The molecule has 0 bridgehead atoms. The first kappa shape index (κ1) is 15.7. The molecule has 2 atom stereocenters. The second-order valence-electron chi connectivity index (χ2n) is 7.40. The van der Waals surface area contributed by atoms with Gasteiger partial charge in [-0.05, 0) is 31.7 Å². The lowest BCUT2D eigenvalue weighted by atomic mass is 9.84. The Kier molecular flexibility index (Phi) is 4.89. The molecule has 2 saturated carbocycles. The minimum absolute atomic E-state index is 0.277. The molecule has 21 heavy (non-hydrogen) atoms. The fourth-order valence-electron chi connectivity index (χ4n) is 4.12. The van der Waals surface area contributed by atoms with E-state index in [2.05, 4.69) is 31.0 Å². The van der Waals surface area contributed by atoms with Crippen LogP contribution in [0.5, 0.6) is 0 Å². The molecule has 4 nitrogen and oxygen atoms in total. The maximum Gasteiger partial charge on any atom is 0.170 e. The number of ether oxygens (including phenoxy) is 2. The molecule has 3 fully saturated rings. The van der Waals surface area contributed by atoms with Crippen LogP contribution in [0.1, 0.15) is 52.9 Å². The summed E-state index contributed by atoms with van der Waals surface area (Å²) in [5.74, 6) is 0.442. The van der Waals surface area contributed by atoms with E-state index in [4.69, 9.17) is 9.47 Å². The van der Waals surface area contributed by atoms with Gasteiger partial charge in [0.25, 0.3) is 0 Å². The van der Waals surface area contributed by atoms with Gasteiger partial charge in [-0.2, -0.15) is 0 Å². The second kappa shape index (κ2) is 6.53. The summed E-state index contributed by atoms with van der Waals surface area (Å²) in [5, 5.41) is 3.72. The second-order valence-corrected chi connectivity index (χ2v) is 7.40. The van der Waals surface area contributed by atoms with Gasteiger partial charge >= 0.3 is 0 Å². The van der Waals surface area contributed by atoms with Crippen molar-refractivity contribution in [1.29, 1.82) is 0 Å². The molecule has 1 aliphatic heterocycles. The van der Waals surface area contributed by atoms with Crippen LogP contribution in [0.3, 0.4) is 0 Å². The van der Waals surface area contributed by atoms with Crippen LogP contribution >= 0.6 is 0 Å². The van der Waals surface area contributed by atoms with E-state index in [0.717, 1.165) is 44.6 Å². The smallest absolute Gasteiger partial charge is 0.170 e. The minimum Gasteiger partial charge on any atom is -0.347 e. The van der Waals surface area contributed by atoms with Gasteiger partial charge in [-0.25, -0.2) is 0 Å². The van der Waals surface area contributed by atoms with Crippen molar-refractivity contribution in [2.24, 2.45) is 5.92 Å². The van der Waals surface area contributed by atoms with E-state index < -0.39 is 0 Å². The largest absolute Gasteiger partial charge is 0.347 e. The number of rotatable bonds is 6. The van der Waals surface area contributed by atoms with Crippen LogP contribution in [0.2, 0.25) is 0 Å². The molecular formula is C17H32N2O2. The summed E-state index contributed by atoms with van der Waals surface area (Å²) in [5.41, 5.74) is 0. The van der Waals surface area contributed by atoms with E-state index >= 15 is 0 Å². The molecule has 2 aliphatic carbocycles. The van der Waals surface area contributed by atoms with Gasteiger partial charge in [0.2, 0.25) is 0 Å². The van der Waals surface area contributed by atoms with Gasteiger partial charge in [0, 0.05) is 37.5 Å². The Morgan fingerprint density at radius 2 is 1.90 bits per heavy atom. The Bertz CT molecular complexity index is 338. The summed E-state index contributed by atoms with van der Waals surface area (Å²) in [6.07, 6.45) is 5.99. The van der Waals surface area contributed by atoms with E-state index in [-0.39, 0.29) is 5.79 Å². The Balaban J connectivity index is 1.74. The summed E-state index contributed by atoms with van der Waals surface area (Å²) in [6, 6.07) is 1.95. The van der Waals surface area contributed by atoms with Crippen molar-refractivity contribution in [3.05, 3.63) is 0 Å². The van der Waals surface area contributed by atoms with Crippen molar-refractivity contribution in [2.75, 3.05) is 26.3 Å². The molecule has 0 aromatic rings. The van der Waals surface area contributed by atoms with Crippen LogP contribution < -0.4 is 5.32 Å². The van der Waals surface area contributed by atoms with Crippen molar-refractivity contribution < 1.29 is 9.47 Å². The highest BCUT2D eigenvalue weighted by molar-refractivity contribution is 5.00. The molecule has 4 heteroatoms. The highest BCUT2D eigenvalue weighted by atomic mass is 16.7. The quantitative estimate of drug-likeness (QED) is 0.816. The molecule has 122 valence electrons. The standard InChI is InChI=1S/C17H32N2O2/c1-4-18-15-7-8-17(20-9-10-21-17)11-16(15)19(12-13(2)3)14-5-6-14/h13-16,18H,4-12H2,1-3H3. The molecule has 3 aliphatic rings. The number of nitrogens with zero attached hydrogens (tertiary/aromatic N) is 1. The van der Waals surface area contributed by atoms with Gasteiger partial charge in [-0.15, -0.1) is 0 Å². The Labute approximate surface area is 129 Å². The number of nitrogens with one attached hydrogen (secondary N) is 1. The first-order valence-corrected chi connectivity index (χ1v) is 8.90. The van der Waals surface area contributed by atoms with E-state index in [9.17, 15) is 0 Å². The van der Waals surface area contributed by atoms with Gasteiger partial charge in [0.15, 0.2) is 5.79 Å². The lowest BCUT2D eigenvalue weighted by Crippen LogP contribution is -2.58. The molecule has 3 rings (SSSR count). The van der Waals surface area contributed by atoms with E-state index in [1.807, 2.05) is 0 Å². The molecule has 0 aromatic heterocycles. The van der Waals surface area contributed by atoms with Crippen LogP contribution in [-0.2, 0) is 9.47 Å². The number of likely N-dealkylation sites (N-methyl/N-ethyl adjacent to an activating group) is 1. The zero-order valence-electron chi connectivity index (χ0n) is 13.9. The molecule has 1 spiro atoms. The fraction of sp³-hybridized carbons (Fsp3) is 1.00. The third-order valence-corrected chi connectivity index (χ3v) is 5.12. The molecule has 1 saturated heterocycles. The highest BCUT2D eigenvalue weighted by Crippen LogP contribution is 2.41. The number of hydrogen-bond donors (Lipinski definition) is 1. The van der Waals surface area contributed by atoms with Crippen molar-refractivity contribution in [1.82, 2.24) is 10.2 Å². The molecule has 0 amide bonds. The normalized spacial score (nSPS) is 32.4. The van der Waals surface area contributed by atoms with Gasteiger partial charge in [-0.1, -0.05) is 20.8 Å². The molecule has 0 aromatic carbocycles. The Morgan fingerprint density at radius 1 is 1.19 bits per heavy atom. The van der Waals surface area contributed by atoms with Crippen LogP contribution in [-0.4, -0.2) is 55.1 Å². The van der Waals surface area contributed by atoms with Gasteiger partial charge in [0.05, 0.1) is 13.2 Å². The highest BCUT2D eigenvalue weighted by Gasteiger charge is 2.48. The summed E-state index contributed by atoms with van der Waals surface area (Å²) in [4.78, 5) is 2.77. The Hall–Kier alpha value is -0.160. The average Bonchev–Trinajstić information content (AvgIpc) is 3.20. The lowest BCUT2D eigenvalue weighted by Gasteiger charge is -2.47. The monoisotopic (exact) mass is 296 g/mol. The first-order valence-electron chi connectivity index (χ1n) is 8.90. The topological polar surface area (TPSA) is 33.7 Å². The number of hydrogen-bond acceptors (Lipinski definition) is 4. The van der Waals surface area contributed by atoms with E-state index in [0.29, 0.717) is 12.1 Å². The van der Waals surface area contributed by atoms with Crippen LogP contribution in [0, 0.1) is 5.92 Å². The van der Waals surface area contributed by atoms with Crippen molar-refractivity contribution in [3.63, 3.8) is 0 Å². The Morgan fingerprint density at radius 3 is 2.48 bits per heavy atom. The fourth-order valence-corrected chi connectivity index (χ4v) is 4.12. The summed E-state index contributed by atoms with van der Waals surface area (Å²) in [6.45, 7) is 10.7. The summed E-state index contributed by atoms with van der Waals surface area (Å²) < 4.78 is 12.0. The van der Waals surface area contributed by atoms with Crippen molar-refractivity contribution in [2.45, 2.75) is 76.8 Å². The molecular weight excluding hydrogens is 264 g/mol. The molecule has 1 heterocycles. The van der Waals surface area contributed by atoms with Crippen LogP contribution in [0.4, 0.5) is 0 Å². The van der Waals surface area contributed by atoms with E-state index in [1.54, 1.807) is 0 Å². The van der Waals surface area contributed by atoms with Crippen LogP contribution in [0.25, 0.3) is 0 Å². The molecule has 0 radical (unpaired) electrons. The predicted molar refractivity (Wildman–Crippen MR) is 84.3 cm³/mol. The van der Waals surface area contributed by atoms with Crippen molar-refractivity contribution >= 4 is 0 Å². The zero-order chi connectivity index (χ0) is 14.9. The molecule has 1 N–H and O–H groups in total. The average molecular weight is 296 g/mol. The SMILES string of the molecule is CCNC1CCC2(CC1N(CC(C)C)C1CC1)OCCO2. The zero-order valence-corrected chi connectivity index (χ0v) is 13.9. The maximum atomic E-state index is 6.02. The third kappa shape index (κ3) is 3.61. The first-order chi connectivity index (χ1) is 10.1. The summed E-state index contributed by atoms with van der Waals surface area (Å²) >= 11 is 0. The maximum absolute atomic E-state index is 6.02. The van der Waals surface area contributed by atoms with Crippen LogP contribution in [0.15, 0.2) is 0 Å². The van der Waals surface area contributed by atoms with Gasteiger partial charge in [-0.3, -0.25) is 4.90 Å². The predicted octanol–water partition coefficient (Wildman–Crippen LogP) is 2.38. The third-order valence-electron chi connectivity index (χ3n) is 5.12. The lowest BCUT2D eigenvalue weighted by molar-refractivity contribution is -0.194. The van der Waals surface area contributed by atoms with Crippen molar-refractivity contribution in [3.8, 4) is 0 Å². The minimum atomic E-state index is -0.277. The van der Waals surface area contributed by atoms with Gasteiger partial charge in [0.1, 0.15) is 0 Å². The van der Waals surface area contributed by atoms with E-state index in [1.165, 1.54) is 25.8 Å². The summed E-state index contributed by atoms with van der Waals surface area (Å²) in [7, 11) is 0. The van der Waals surface area contributed by atoms with Gasteiger partial charge < -0.3 is 14.8 Å².